The van der Waals surface area contributed by atoms with Crippen LogP contribution in [0.3, 0.4) is 0 Å². The van der Waals surface area contributed by atoms with Crippen LogP contribution in [0.1, 0.15) is 30.0 Å². The lowest BCUT2D eigenvalue weighted by Crippen LogP contribution is -2.43. The molecule has 160 valence electrons. The molecule has 0 aromatic heterocycles. The van der Waals surface area contributed by atoms with Gasteiger partial charge in [0.2, 0.25) is 0 Å². The van der Waals surface area contributed by atoms with Gasteiger partial charge in [0.05, 0.1) is 6.04 Å². The maximum Gasteiger partial charge on any atom is 0.309 e. The maximum atomic E-state index is 12.5. The predicted molar refractivity (Wildman–Crippen MR) is 124 cm³/mol. The summed E-state index contributed by atoms with van der Waals surface area (Å²) in [7, 11) is 0. The summed E-state index contributed by atoms with van der Waals surface area (Å²) in [5.74, 6) is -1.24. The minimum absolute atomic E-state index is 0.0293. The molecule has 0 spiro atoms. The molecule has 2 N–H and O–H groups in total. The number of carbonyl (C=O) groups excluding carboxylic acids is 2. The van der Waals surface area contributed by atoms with E-state index in [0.29, 0.717) is 11.6 Å². The summed E-state index contributed by atoms with van der Waals surface area (Å²) in [5.41, 5.74) is 2.07. The Morgan fingerprint density at radius 2 is 1.55 bits per heavy atom. The van der Waals surface area contributed by atoms with Crippen LogP contribution in [0.4, 0.5) is 0 Å². The molecule has 1 aliphatic rings. The lowest BCUT2D eigenvalue weighted by Gasteiger charge is -2.29. The molecular formula is C25H26ClN3O2. The zero-order chi connectivity index (χ0) is 21.6. The predicted octanol–water partition coefficient (Wildman–Crippen LogP) is 4.06. The van der Waals surface area contributed by atoms with Crippen LogP contribution < -0.4 is 10.6 Å². The van der Waals surface area contributed by atoms with Crippen molar-refractivity contribution in [2.75, 3.05) is 19.6 Å². The highest BCUT2D eigenvalue weighted by atomic mass is 35.5. The second kappa shape index (κ2) is 9.94. The van der Waals surface area contributed by atoms with E-state index in [1.54, 1.807) is 12.1 Å². The number of fused-ring (bicyclic) bond motifs is 1. The molecule has 1 heterocycles. The van der Waals surface area contributed by atoms with Gasteiger partial charge in [-0.2, -0.15) is 0 Å². The van der Waals surface area contributed by atoms with E-state index < -0.39 is 11.8 Å². The highest BCUT2D eigenvalue weighted by molar-refractivity contribution is 6.35. The number of likely N-dealkylation sites (tertiary alicyclic amines) is 1. The minimum Gasteiger partial charge on any atom is -0.346 e. The van der Waals surface area contributed by atoms with Gasteiger partial charge in [-0.05, 0) is 60.0 Å². The van der Waals surface area contributed by atoms with E-state index in [1.165, 1.54) is 16.3 Å². The van der Waals surface area contributed by atoms with Gasteiger partial charge in [0.25, 0.3) is 0 Å². The Bertz CT molecular complexity index is 1060. The van der Waals surface area contributed by atoms with Crippen LogP contribution in [-0.4, -0.2) is 36.3 Å². The number of hydrogen-bond donors (Lipinski definition) is 2. The molecule has 1 saturated heterocycles. The van der Waals surface area contributed by atoms with E-state index in [9.17, 15) is 9.59 Å². The molecule has 0 aliphatic carbocycles. The van der Waals surface area contributed by atoms with Gasteiger partial charge in [-0.3, -0.25) is 14.5 Å². The van der Waals surface area contributed by atoms with Crippen molar-refractivity contribution < 1.29 is 9.59 Å². The van der Waals surface area contributed by atoms with Crippen molar-refractivity contribution in [3.05, 3.63) is 82.9 Å². The number of benzene rings is 3. The molecule has 3 aromatic rings. The number of amides is 2. The van der Waals surface area contributed by atoms with Crippen molar-refractivity contribution >= 4 is 34.2 Å². The average Bonchev–Trinajstić information content (AvgIpc) is 3.33. The zero-order valence-electron chi connectivity index (χ0n) is 17.3. The molecule has 31 heavy (non-hydrogen) atoms. The lowest BCUT2D eigenvalue weighted by atomic mass is 9.97. The Kier molecular flexibility index (Phi) is 6.85. The van der Waals surface area contributed by atoms with Crippen LogP contribution in [-0.2, 0) is 16.1 Å². The summed E-state index contributed by atoms with van der Waals surface area (Å²) < 4.78 is 0. The standard InChI is InChI=1S/C25H26ClN3O2/c26-20-12-10-18(11-13-20)16-27-24(30)25(31)28-17-23(29-14-3-4-15-29)22-9-5-7-19-6-1-2-8-21(19)22/h1-2,5-13,23H,3-4,14-17H2,(H,27,30)(H,28,31). The Balaban J connectivity index is 1.43. The minimum atomic E-state index is -0.631. The van der Waals surface area contributed by atoms with Crippen LogP contribution >= 0.6 is 11.6 Å². The van der Waals surface area contributed by atoms with Crippen molar-refractivity contribution in [2.45, 2.75) is 25.4 Å². The molecule has 2 amide bonds. The summed E-state index contributed by atoms with van der Waals surface area (Å²) in [6, 6.07) is 21.8. The molecule has 1 aliphatic heterocycles. The first-order valence-corrected chi connectivity index (χ1v) is 11.0. The number of halogens is 1. The SMILES string of the molecule is O=C(NCc1ccc(Cl)cc1)C(=O)NCC(c1cccc2ccccc12)N1CCCC1. The Morgan fingerprint density at radius 1 is 0.871 bits per heavy atom. The molecule has 6 heteroatoms. The number of rotatable bonds is 6. The smallest absolute Gasteiger partial charge is 0.309 e. The molecule has 0 radical (unpaired) electrons. The molecule has 4 rings (SSSR count). The lowest BCUT2D eigenvalue weighted by molar-refractivity contribution is -0.139. The van der Waals surface area contributed by atoms with Crippen molar-refractivity contribution in [3.63, 3.8) is 0 Å². The zero-order valence-corrected chi connectivity index (χ0v) is 18.1. The van der Waals surface area contributed by atoms with Crippen LogP contribution in [0.15, 0.2) is 66.7 Å². The van der Waals surface area contributed by atoms with E-state index in [1.807, 2.05) is 24.3 Å². The summed E-state index contributed by atoms with van der Waals surface area (Å²) in [6.07, 6.45) is 2.30. The third-order valence-corrected chi connectivity index (χ3v) is 6.04. The first-order chi connectivity index (χ1) is 15.1. The van der Waals surface area contributed by atoms with Crippen LogP contribution in [0, 0.1) is 0 Å². The monoisotopic (exact) mass is 435 g/mol. The van der Waals surface area contributed by atoms with Gasteiger partial charge in [-0.25, -0.2) is 0 Å². The third kappa shape index (κ3) is 5.24. The van der Waals surface area contributed by atoms with Gasteiger partial charge < -0.3 is 10.6 Å². The molecule has 5 nitrogen and oxygen atoms in total. The summed E-state index contributed by atoms with van der Waals surface area (Å²) in [6.45, 7) is 2.66. The van der Waals surface area contributed by atoms with Gasteiger partial charge in [-0.15, -0.1) is 0 Å². The van der Waals surface area contributed by atoms with E-state index in [4.69, 9.17) is 11.6 Å². The molecule has 0 saturated carbocycles. The fourth-order valence-corrected chi connectivity index (χ4v) is 4.29. The van der Waals surface area contributed by atoms with Crippen molar-refractivity contribution in [2.24, 2.45) is 0 Å². The molecule has 3 aromatic carbocycles. The number of carbonyl (C=O) groups is 2. The highest BCUT2D eigenvalue weighted by Crippen LogP contribution is 2.30. The van der Waals surface area contributed by atoms with Gasteiger partial charge in [0.15, 0.2) is 0 Å². The fraction of sp³-hybridized carbons (Fsp3) is 0.280. The van der Waals surface area contributed by atoms with Crippen molar-refractivity contribution in [1.29, 1.82) is 0 Å². The van der Waals surface area contributed by atoms with Crippen molar-refractivity contribution in [3.8, 4) is 0 Å². The van der Waals surface area contributed by atoms with Crippen LogP contribution in [0.25, 0.3) is 10.8 Å². The average molecular weight is 436 g/mol. The first-order valence-electron chi connectivity index (χ1n) is 10.6. The molecule has 1 atom stereocenters. The van der Waals surface area contributed by atoms with E-state index in [-0.39, 0.29) is 12.6 Å². The van der Waals surface area contributed by atoms with E-state index in [0.717, 1.165) is 31.5 Å². The first kappa shape index (κ1) is 21.3. The molecule has 0 bridgehead atoms. The second-order valence-corrected chi connectivity index (χ2v) is 8.28. The molecular weight excluding hydrogens is 410 g/mol. The van der Waals surface area contributed by atoms with Crippen LogP contribution in [0.2, 0.25) is 5.02 Å². The largest absolute Gasteiger partial charge is 0.346 e. The molecule has 1 fully saturated rings. The van der Waals surface area contributed by atoms with Gasteiger partial charge in [0.1, 0.15) is 0 Å². The maximum absolute atomic E-state index is 12.5. The Morgan fingerprint density at radius 3 is 2.32 bits per heavy atom. The fourth-order valence-electron chi connectivity index (χ4n) is 4.16. The Labute approximate surface area is 187 Å². The highest BCUT2D eigenvalue weighted by Gasteiger charge is 2.26. The summed E-state index contributed by atoms with van der Waals surface area (Å²) in [5, 5.41) is 8.52. The van der Waals surface area contributed by atoms with Gasteiger partial charge in [0, 0.05) is 18.1 Å². The topological polar surface area (TPSA) is 61.4 Å². The molecule has 1 unspecified atom stereocenters. The number of hydrogen-bond acceptors (Lipinski definition) is 3. The second-order valence-electron chi connectivity index (χ2n) is 7.85. The van der Waals surface area contributed by atoms with E-state index in [2.05, 4.69) is 45.9 Å². The Hall–Kier alpha value is -2.89. The van der Waals surface area contributed by atoms with Crippen LogP contribution in [0.5, 0.6) is 0 Å². The van der Waals surface area contributed by atoms with E-state index >= 15 is 0 Å². The van der Waals surface area contributed by atoms with Crippen molar-refractivity contribution in [1.82, 2.24) is 15.5 Å². The quantitative estimate of drug-likeness (QED) is 0.574. The third-order valence-electron chi connectivity index (χ3n) is 5.79. The van der Waals surface area contributed by atoms with Gasteiger partial charge >= 0.3 is 11.8 Å². The number of nitrogens with zero attached hydrogens (tertiary/aromatic N) is 1. The summed E-state index contributed by atoms with van der Waals surface area (Å²) >= 11 is 5.88. The van der Waals surface area contributed by atoms with Gasteiger partial charge in [-0.1, -0.05) is 66.2 Å². The number of nitrogens with one attached hydrogen (secondary N) is 2. The summed E-state index contributed by atoms with van der Waals surface area (Å²) in [4.78, 5) is 27.2. The normalized spacial score (nSPS) is 15.0.